The van der Waals surface area contributed by atoms with Gasteiger partial charge in [-0.05, 0) is 30.3 Å². The normalized spacial score (nSPS) is 10.4. The van der Waals surface area contributed by atoms with Crippen LogP contribution in [0.5, 0.6) is 0 Å². The fourth-order valence-corrected chi connectivity index (χ4v) is 2.12. The van der Waals surface area contributed by atoms with E-state index >= 15 is 0 Å². The summed E-state index contributed by atoms with van der Waals surface area (Å²) in [6.45, 7) is 0. The highest BCUT2D eigenvalue weighted by Gasteiger charge is 2.06. The van der Waals surface area contributed by atoms with E-state index in [0.717, 1.165) is 0 Å². The second kappa shape index (κ2) is 8.90. The minimum atomic E-state index is -0.751. The molecule has 0 aliphatic carbocycles. The lowest BCUT2D eigenvalue weighted by Gasteiger charge is -2.05. The van der Waals surface area contributed by atoms with Crippen molar-refractivity contribution in [2.75, 3.05) is 10.6 Å². The minimum absolute atomic E-state index is 0.0857. The summed E-state index contributed by atoms with van der Waals surface area (Å²) in [4.78, 5) is 27.8. The third-order valence-electron chi connectivity index (χ3n) is 2.71. The highest BCUT2D eigenvalue weighted by Crippen LogP contribution is 2.25. The number of carbonyl (C=O) groups is 2. The van der Waals surface area contributed by atoms with Crippen molar-refractivity contribution >= 4 is 52.8 Å². The number of benzene rings is 2. The predicted molar refractivity (Wildman–Crippen MR) is 94.7 cm³/mol. The summed E-state index contributed by atoms with van der Waals surface area (Å²) in [6.07, 6.45) is 0.333. The number of hydrogen-bond acceptors (Lipinski definition) is 4. The molecule has 0 saturated heterocycles. The van der Waals surface area contributed by atoms with Crippen molar-refractivity contribution in [1.29, 1.82) is 0 Å². The molecule has 0 atom stereocenters. The quantitative estimate of drug-likeness (QED) is 0.463. The Labute approximate surface area is 148 Å². The molecule has 0 aliphatic rings. The average Bonchev–Trinajstić information content (AvgIpc) is 2.55. The van der Waals surface area contributed by atoms with Crippen LogP contribution in [0.15, 0.2) is 53.7 Å². The molecule has 8 heteroatoms. The van der Waals surface area contributed by atoms with Crippen molar-refractivity contribution in [3.05, 3.63) is 58.6 Å². The number of hydrogen-bond donors (Lipinski definition) is 2. The first-order valence-corrected chi connectivity index (χ1v) is 7.60. The summed E-state index contributed by atoms with van der Waals surface area (Å²) in [5, 5.41) is 9.29. The Kier molecular flexibility index (Phi) is 6.60. The molecule has 24 heavy (non-hydrogen) atoms. The first kappa shape index (κ1) is 17.8. The fourth-order valence-electron chi connectivity index (χ4n) is 1.66. The number of anilines is 2. The zero-order chi connectivity index (χ0) is 17.4. The largest absolute Gasteiger partial charge is 0.437 e. The van der Waals surface area contributed by atoms with Crippen molar-refractivity contribution in [3.8, 4) is 0 Å². The molecule has 0 spiro atoms. The molecule has 2 N–H and O–H groups in total. The number of oxime groups is 1. The van der Waals surface area contributed by atoms with Gasteiger partial charge in [-0.25, -0.2) is 4.79 Å². The Morgan fingerprint density at radius 1 is 1.08 bits per heavy atom. The molecule has 2 amide bonds. The molecule has 2 aromatic rings. The van der Waals surface area contributed by atoms with E-state index in [4.69, 9.17) is 23.2 Å². The smallest absolute Gasteiger partial charge is 0.324 e. The highest BCUT2D eigenvalue weighted by atomic mass is 35.5. The molecule has 2 rings (SSSR count). The number of carbonyl (C=O) groups excluding carboxylic acids is 2. The van der Waals surface area contributed by atoms with Gasteiger partial charge in [0, 0.05) is 10.7 Å². The first-order chi connectivity index (χ1) is 11.5. The van der Waals surface area contributed by atoms with Gasteiger partial charge in [-0.2, -0.15) is 0 Å². The molecule has 0 aromatic heterocycles. The maximum atomic E-state index is 11.7. The standard InChI is InChI=1S/C16H13Cl2N3O3/c17-11-6-7-14(13(18)10-11)21-15(22)8-9-19-24-16(23)20-12-4-2-1-3-5-12/h1-7,9-10H,8H2,(H,20,23)(H,21,22)/b19-9+. The Balaban J connectivity index is 1.75. The van der Waals surface area contributed by atoms with Gasteiger partial charge in [0.2, 0.25) is 5.91 Å². The van der Waals surface area contributed by atoms with Crippen molar-refractivity contribution in [3.63, 3.8) is 0 Å². The lowest BCUT2D eigenvalue weighted by Crippen LogP contribution is -2.13. The van der Waals surface area contributed by atoms with E-state index in [0.29, 0.717) is 21.4 Å². The van der Waals surface area contributed by atoms with Gasteiger partial charge in [0.25, 0.3) is 0 Å². The van der Waals surface area contributed by atoms with E-state index in [2.05, 4.69) is 20.6 Å². The predicted octanol–water partition coefficient (Wildman–Crippen LogP) is 4.56. The lowest BCUT2D eigenvalue weighted by atomic mass is 10.3. The topological polar surface area (TPSA) is 79.8 Å². The van der Waals surface area contributed by atoms with Crippen molar-refractivity contribution in [2.24, 2.45) is 5.16 Å². The van der Waals surface area contributed by atoms with Crippen LogP contribution in [0, 0.1) is 0 Å². The van der Waals surface area contributed by atoms with Gasteiger partial charge in [-0.15, -0.1) is 0 Å². The lowest BCUT2D eigenvalue weighted by molar-refractivity contribution is -0.115. The molecule has 124 valence electrons. The number of halogens is 2. The van der Waals surface area contributed by atoms with E-state index in [1.54, 1.807) is 36.4 Å². The van der Waals surface area contributed by atoms with Gasteiger partial charge in [-0.3, -0.25) is 14.9 Å². The zero-order valence-electron chi connectivity index (χ0n) is 12.3. The van der Waals surface area contributed by atoms with Crippen molar-refractivity contribution in [1.82, 2.24) is 0 Å². The third-order valence-corrected chi connectivity index (χ3v) is 3.26. The minimum Gasteiger partial charge on any atom is -0.324 e. The van der Waals surface area contributed by atoms with E-state index in [1.807, 2.05) is 6.07 Å². The van der Waals surface area contributed by atoms with Crippen molar-refractivity contribution < 1.29 is 14.4 Å². The summed E-state index contributed by atoms with van der Waals surface area (Å²) in [6, 6.07) is 13.5. The van der Waals surface area contributed by atoms with Gasteiger partial charge >= 0.3 is 6.09 Å². The summed E-state index contributed by atoms with van der Waals surface area (Å²) in [5.41, 5.74) is 1.01. The molecule has 6 nitrogen and oxygen atoms in total. The molecular formula is C16H13Cl2N3O3. The summed E-state index contributed by atoms with van der Waals surface area (Å²) in [7, 11) is 0. The molecule has 0 bridgehead atoms. The number of nitrogens with zero attached hydrogens (tertiary/aromatic N) is 1. The summed E-state index contributed by atoms with van der Waals surface area (Å²) in [5.74, 6) is -0.366. The second-order valence-corrected chi connectivity index (χ2v) is 5.38. The van der Waals surface area contributed by atoms with E-state index < -0.39 is 6.09 Å². The van der Waals surface area contributed by atoms with E-state index in [1.165, 1.54) is 12.3 Å². The molecule has 0 aliphatic heterocycles. The first-order valence-electron chi connectivity index (χ1n) is 6.84. The van der Waals surface area contributed by atoms with Crippen LogP contribution in [0.2, 0.25) is 10.0 Å². The monoisotopic (exact) mass is 365 g/mol. The van der Waals surface area contributed by atoms with Crippen LogP contribution in [0.3, 0.4) is 0 Å². The van der Waals surface area contributed by atoms with Crippen LogP contribution in [0.1, 0.15) is 6.42 Å². The number of para-hydroxylation sites is 1. The van der Waals surface area contributed by atoms with Crippen LogP contribution < -0.4 is 10.6 Å². The summed E-state index contributed by atoms with van der Waals surface area (Å²) < 4.78 is 0. The molecule has 0 saturated carbocycles. The molecule has 0 radical (unpaired) electrons. The maximum absolute atomic E-state index is 11.7. The van der Waals surface area contributed by atoms with Crippen LogP contribution in [0.25, 0.3) is 0 Å². The maximum Gasteiger partial charge on any atom is 0.437 e. The second-order valence-electron chi connectivity index (χ2n) is 4.53. The van der Waals surface area contributed by atoms with Gasteiger partial charge < -0.3 is 5.32 Å². The van der Waals surface area contributed by atoms with Gasteiger partial charge in [0.15, 0.2) is 0 Å². The zero-order valence-corrected chi connectivity index (χ0v) is 13.8. The Morgan fingerprint density at radius 3 is 2.54 bits per heavy atom. The van der Waals surface area contributed by atoms with Crippen LogP contribution in [-0.4, -0.2) is 18.2 Å². The number of rotatable bonds is 5. The Hall–Kier alpha value is -2.57. The van der Waals surface area contributed by atoms with Gasteiger partial charge in [-0.1, -0.05) is 46.6 Å². The molecule has 0 fully saturated rings. The third kappa shape index (κ3) is 5.91. The SMILES string of the molecule is O=C(C/C=N/OC(=O)Nc1ccccc1)Nc1ccc(Cl)cc1Cl. The van der Waals surface area contributed by atoms with Crippen molar-refractivity contribution in [2.45, 2.75) is 6.42 Å². The van der Waals surface area contributed by atoms with E-state index in [9.17, 15) is 9.59 Å². The molecule has 2 aromatic carbocycles. The fraction of sp³-hybridized carbons (Fsp3) is 0.0625. The molecular weight excluding hydrogens is 353 g/mol. The van der Waals surface area contributed by atoms with Gasteiger partial charge in [0.1, 0.15) is 0 Å². The summed E-state index contributed by atoms with van der Waals surface area (Å²) >= 11 is 11.7. The van der Waals surface area contributed by atoms with E-state index in [-0.39, 0.29) is 12.3 Å². The Morgan fingerprint density at radius 2 is 1.83 bits per heavy atom. The number of amides is 2. The molecule has 0 unspecified atom stereocenters. The highest BCUT2D eigenvalue weighted by molar-refractivity contribution is 6.36. The van der Waals surface area contributed by atoms with Crippen LogP contribution in [0.4, 0.5) is 16.2 Å². The molecule has 0 heterocycles. The number of nitrogens with one attached hydrogen (secondary N) is 2. The average molecular weight is 366 g/mol. The Bertz CT molecular complexity index is 751. The van der Waals surface area contributed by atoms with Crippen LogP contribution in [-0.2, 0) is 9.63 Å². The van der Waals surface area contributed by atoms with Crippen LogP contribution >= 0.6 is 23.2 Å². The van der Waals surface area contributed by atoms with Gasteiger partial charge in [0.05, 0.1) is 23.3 Å².